The Morgan fingerprint density at radius 2 is 2.07 bits per heavy atom. The molecule has 1 fully saturated rings. The molecular weight excluding hydrogens is 348 g/mol. The van der Waals surface area contributed by atoms with Gasteiger partial charge in [0.25, 0.3) is 0 Å². The number of carboxylic acid groups (broad SMARTS) is 1. The highest BCUT2D eigenvalue weighted by atomic mass is 16.5. The van der Waals surface area contributed by atoms with Crippen LogP contribution >= 0.6 is 0 Å². The summed E-state index contributed by atoms with van der Waals surface area (Å²) < 4.78 is 5.34. The molecule has 2 unspecified atom stereocenters. The summed E-state index contributed by atoms with van der Waals surface area (Å²) in [6.45, 7) is 6.15. The number of hydrogen-bond donors (Lipinski definition) is 2. The van der Waals surface area contributed by atoms with Gasteiger partial charge in [-0.2, -0.15) is 0 Å². The Morgan fingerprint density at radius 3 is 2.67 bits per heavy atom. The van der Waals surface area contributed by atoms with Crippen LogP contribution in [0.3, 0.4) is 0 Å². The van der Waals surface area contributed by atoms with E-state index >= 15 is 0 Å². The number of benzene rings is 1. The fraction of sp³-hybridized carbons (Fsp3) is 0.550. The van der Waals surface area contributed by atoms with Crippen molar-refractivity contribution in [3.8, 4) is 5.75 Å². The van der Waals surface area contributed by atoms with Crippen LogP contribution < -0.4 is 15.0 Å². The quantitative estimate of drug-likeness (QED) is 0.725. The minimum absolute atomic E-state index is 0.0742. The van der Waals surface area contributed by atoms with Gasteiger partial charge in [0.1, 0.15) is 5.75 Å². The maximum atomic E-state index is 12.5. The fourth-order valence-corrected chi connectivity index (χ4v) is 3.34. The molecule has 2 N–H and O–H groups in total. The summed E-state index contributed by atoms with van der Waals surface area (Å²) in [5.41, 5.74) is 1.64. The molecular formula is C20H28N2O5. The predicted octanol–water partition coefficient (Wildman–Crippen LogP) is 2.22. The zero-order valence-electron chi connectivity index (χ0n) is 16.3. The molecule has 1 aliphatic rings. The minimum Gasteiger partial charge on any atom is -0.495 e. The lowest BCUT2D eigenvalue weighted by atomic mass is 9.97. The second-order valence-electron chi connectivity index (χ2n) is 7.49. The SMILES string of the molecule is COc1ccc(C)cc1N1CC(C(=O)NCC(CC(C)C)C(=O)O)CC1=O. The van der Waals surface area contributed by atoms with Crippen LogP contribution in [0.1, 0.15) is 32.3 Å². The van der Waals surface area contributed by atoms with Crippen molar-refractivity contribution in [2.24, 2.45) is 17.8 Å². The Labute approximate surface area is 159 Å². The number of aliphatic carboxylic acids is 1. The molecule has 0 aromatic heterocycles. The van der Waals surface area contributed by atoms with Gasteiger partial charge in [0, 0.05) is 19.5 Å². The number of methoxy groups -OCH3 is 1. The molecule has 0 radical (unpaired) electrons. The highest BCUT2D eigenvalue weighted by Gasteiger charge is 2.36. The van der Waals surface area contributed by atoms with Gasteiger partial charge in [-0.3, -0.25) is 14.4 Å². The van der Waals surface area contributed by atoms with Gasteiger partial charge in [0.05, 0.1) is 24.6 Å². The third-order valence-corrected chi connectivity index (χ3v) is 4.75. The van der Waals surface area contributed by atoms with Gasteiger partial charge in [0.15, 0.2) is 0 Å². The lowest BCUT2D eigenvalue weighted by Crippen LogP contribution is -2.38. The van der Waals surface area contributed by atoms with E-state index in [4.69, 9.17) is 4.74 Å². The molecule has 0 aliphatic carbocycles. The Morgan fingerprint density at radius 1 is 1.37 bits per heavy atom. The molecule has 148 valence electrons. The van der Waals surface area contributed by atoms with Crippen molar-refractivity contribution in [3.05, 3.63) is 23.8 Å². The normalized spacial score (nSPS) is 17.9. The van der Waals surface area contributed by atoms with Crippen molar-refractivity contribution in [1.29, 1.82) is 0 Å². The highest BCUT2D eigenvalue weighted by molar-refractivity contribution is 6.01. The largest absolute Gasteiger partial charge is 0.495 e. The molecule has 1 saturated heterocycles. The molecule has 2 rings (SSSR count). The van der Waals surface area contributed by atoms with Gasteiger partial charge in [-0.1, -0.05) is 19.9 Å². The molecule has 1 heterocycles. The number of carboxylic acids is 1. The molecule has 1 aliphatic heterocycles. The van der Waals surface area contributed by atoms with Crippen molar-refractivity contribution in [2.45, 2.75) is 33.6 Å². The molecule has 7 heteroatoms. The Hall–Kier alpha value is -2.57. The van der Waals surface area contributed by atoms with E-state index in [9.17, 15) is 19.5 Å². The molecule has 2 amide bonds. The van der Waals surface area contributed by atoms with E-state index in [1.165, 1.54) is 0 Å². The van der Waals surface area contributed by atoms with E-state index < -0.39 is 17.8 Å². The predicted molar refractivity (Wildman–Crippen MR) is 102 cm³/mol. The first-order valence-electron chi connectivity index (χ1n) is 9.18. The molecule has 0 saturated carbocycles. The van der Waals surface area contributed by atoms with Gasteiger partial charge in [-0.15, -0.1) is 0 Å². The number of hydrogen-bond acceptors (Lipinski definition) is 4. The topological polar surface area (TPSA) is 95.9 Å². The number of aryl methyl sites for hydroxylation is 1. The van der Waals surface area contributed by atoms with E-state index in [1.54, 1.807) is 18.1 Å². The average molecular weight is 376 g/mol. The maximum Gasteiger partial charge on any atom is 0.308 e. The third-order valence-electron chi connectivity index (χ3n) is 4.75. The van der Waals surface area contributed by atoms with Crippen LogP contribution in [-0.2, 0) is 14.4 Å². The summed E-state index contributed by atoms with van der Waals surface area (Å²) >= 11 is 0. The summed E-state index contributed by atoms with van der Waals surface area (Å²) in [7, 11) is 1.54. The van der Waals surface area contributed by atoms with Crippen molar-refractivity contribution in [1.82, 2.24) is 5.32 Å². The number of carbonyl (C=O) groups is 3. The van der Waals surface area contributed by atoms with Crippen molar-refractivity contribution in [2.75, 3.05) is 25.1 Å². The highest BCUT2D eigenvalue weighted by Crippen LogP contribution is 2.33. The number of ether oxygens (including phenoxy) is 1. The van der Waals surface area contributed by atoms with Crippen molar-refractivity contribution < 1.29 is 24.2 Å². The number of nitrogens with zero attached hydrogens (tertiary/aromatic N) is 1. The van der Waals surface area contributed by atoms with Crippen LogP contribution in [0.5, 0.6) is 5.75 Å². The minimum atomic E-state index is -0.919. The van der Waals surface area contributed by atoms with Gasteiger partial charge < -0.3 is 20.1 Å². The van der Waals surface area contributed by atoms with E-state index in [0.717, 1.165) is 5.56 Å². The van der Waals surface area contributed by atoms with Crippen molar-refractivity contribution in [3.63, 3.8) is 0 Å². The van der Waals surface area contributed by atoms with Crippen LogP contribution in [0, 0.1) is 24.7 Å². The van der Waals surface area contributed by atoms with E-state index in [-0.39, 0.29) is 37.2 Å². The first-order valence-corrected chi connectivity index (χ1v) is 9.18. The summed E-state index contributed by atoms with van der Waals surface area (Å²) in [6, 6.07) is 5.56. The monoisotopic (exact) mass is 376 g/mol. The van der Waals surface area contributed by atoms with Crippen LogP contribution in [0.25, 0.3) is 0 Å². The maximum absolute atomic E-state index is 12.5. The Bertz CT molecular complexity index is 716. The Kier molecular flexibility index (Phi) is 6.82. The number of carbonyl (C=O) groups excluding carboxylic acids is 2. The van der Waals surface area contributed by atoms with E-state index in [0.29, 0.717) is 17.9 Å². The molecule has 27 heavy (non-hydrogen) atoms. The average Bonchev–Trinajstić information content (AvgIpc) is 2.99. The zero-order chi connectivity index (χ0) is 20.1. The van der Waals surface area contributed by atoms with Crippen molar-refractivity contribution >= 4 is 23.5 Å². The smallest absolute Gasteiger partial charge is 0.308 e. The molecule has 1 aromatic carbocycles. The molecule has 1 aromatic rings. The lowest BCUT2D eigenvalue weighted by Gasteiger charge is -2.20. The number of rotatable bonds is 8. The third kappa shape index (κ3) is 5.21. The number of amides is 2. The van der Waals surface area contributed by atoms with Gasteiger partial charge in [0.2, 0.25) is 11.8 Å². The summed E-state index contributed by atoms with van der Waals surface area (Å²) in [4.78, 5) is 37.8. The fourth-order valence-electron chi connectivity index (χ4n) is 3.34. The zero-order valence-corrected chi connectivity index (χ0v) is 16.3. The van der Waals surface area contributed by atoms with Gasteiger partial charge in [-0.05, 0) is 37.0 Å². The van der Waals surface area contributed by atoms with Crippen LogP contribution in [0.2, 0.25) is 0 Å². The lowest BCUT2D eigenvalue weighted by molar-refractivity contribution is -0.142. The van der Waals surface area contributed by atoms with Crippen LogP contribution in [0.15, 0.2) is 18.2 Å². The second-order valence-corrected chi connectivity index (χ2v) is 7.49. The van der Waals surface area contributed by atoms with Gasteiger partial charge >= 0.3 is 5.97 Å². The van der Waals surface area contributed by atoms with Gasteiger partial charge in [-0.25, -0.2) is 0 Å². The second kappa shape index (κ2) is 8.88. The summed E-state index contributed by atoms with van der Waals surface area (Å²) in [6.07, 6.45) is 0.594. The van der Waals surface area contributed by atoms with E-state index in [1.807, 2.05) is 32.9 Å². The molecule has 7 nitrogen and oxygen atoms in total. The molecule has 0 bridgehead atoms. The molecule has 0 spiro atoms. The summed E-state index contributed by atoms with van der Waals surface area (Å²) in [5, 5.41) is 12.0. The first-order chi connectivity index (χ1) is 12.7. The number of anilines is 1. The van der Waals surface area contributed by atoms with Crippen LogP contribution in [-0.4, -0.2) is 43.1 Å². The van der Waals surface area contributed by atoms with E-state index in [2.05, 4.69) is 5.32 Å². The Balaban J connectivity index is 2.03. The standard InChI is InChI=1S/C20H28N2O5/c1-12(2)7-14(20(25)26)10-21-19(24)15-9-18(23)22(11-15)16-8-13(3)5-6-17(16)27-4/h5-6,8,12,14-15H,7,9-11H2,1-4H3,(H,21,24)(H,25,26). The summed E-state index contributed by atoms with van der Waals surface area (Å²) in [5.74, 6) is -1.67. The molecule has 2 atom stereocenters. The van der Waals surface area contributed by atoms with Crippen LogP contribution in [0.4, 0.5) is 5.69 Å². The first kappa shape index (κ1) is 20.7. The number of nitrogens with one attached hydrogen (secondary N) is 1.